The number of aliphatic hydroxyl groups excluding tert-OH is 1. The number of aliphatic hydroxyl groups is 1. The summed E-state index contributed by atoms with van der Waals surface area (Å²) >= 11 is 0. The lowest BCUT2D eigenvalue weighted by molar-refractivity contribution is -0.139. The maximum absolute atomic E-state index is 13.3. The van der Waals surface area contributed by atoms with E-state index in [0.29, 0.717) is 24.3 Å². The first-order valence-electron chi connectivity index (χ1n) is 12.5. The van der Waals surface area contributed by atoms with Gasteiger partial charge in [-0.2, -0.15) is 0 Å². The van der Waals surface area contributed by atoms with Gasteiger partial charge in [-0.25, -0.2) is 4.39 Å². The van der Waals surface area contributed by atoms with Gasteiger partial charge < -0.3 is 14.7 Å². The van der Waals surface area contributed by atoms with Crippen molar-refractivity contribution in [3.8, 4) is 5.75 Å². The quantitative estimate of drug-likeness (QED) is 0.238. The zero-order valence-electron chi connectivity index (χ0n) is 21.6. The Labute approximate surface area is 217 Å². The van der Waals surface area contributed by atoms with Crippen LogP contribution in [0.4, 0.5) is 4.39 Å². The molecule has 0 bridgehead atoms. The Morgan fingerprint density at radius 2 is 1.68 bits per heavy atom. The van der Waals surface area contributed by atoms with Gasteiger partial charge in [0.1, 0.15) is 17.3 Å². The number of halogens is 1. The third-order valence-corrected chi connectivity index (χ3v) is 6.57. The molecule has 1 saturated heterocycles. The van der Waals surface area contributed by atoms with Gasteiger partial charge in [0.2, 0.25) is 0 Å². The van der Waals surface area contributed by atoms with Gasteiger partial charge >= 0.3 is 0 Å². The van der Waals surface area contributed by atoms with Crippen molar-refractivity contribution >= 4 is 17.4 Å². The molecule has 1 N–H and O–H groups in total. The molecule has 1 atom stereocenters. The average molecular weight is 502 g/mol. The topological polar surface area (TPSA) is 66.8 Å². The third-order valence-electron chi connectivity index (χ3n) is 6.57. The van der Waals surface area contributed by atoms with Crippen LogP contribution in [0, 0.1) is 5.82 Å². The Morgan fingerprint density at radius 1 is 1.00 bits per heavy atom. The standard InChI is InChI=1S/C31H32FNO4/c1-5-37-25-16-13-22(19-24(25)31(2,3)4)28(34)26-27(21-9-7-6-8-10-21)33(30(36)29(26)35)18-17-20-11-14-23(32)15-12-20/h6-16,19,27,34H,5,17-18H2,1-4H3/b28-26-. The first kappa shape index (κ1) is 26.1. The van der Waals surface area contributed by atoms with E-state index in [1.165, 1.54) is 17.0 Å². The molecule has 0 spiro atoms. The minimum absolute atomic E-state index is 0.0549. The summed E-state index contributed by atoms with van der Waals surface area (Å²) in [5.74, 6) is -1.23. The second kappa shape index (κ2) is 10.6. The van der Waals surface area contributed by atoms with Crippen LogP contribution < -0.4 is 4.74 Å². The number of carbonyl (C=O) groups excluding carboxylic acids is 2. The van der Waals surface area contributed by atoms with Crippen LogP contribution >= 0.6 is 0 Å². The van der Waals surface area contributed by atoms with Crippen LogP contribution in [0.5, 0.6) is 5.75 Å². The van der Waals surface area contributed by atoms with E-state index in [9.17, 15) is 19.1 Å². The van der Waals surface area contributed by atoms with Gasteiger partial charge in [-0.1, -0.05) is 63.2 Å². The van der Waals surface area contributed by atoms with E-state index in [2.05, 4.69) is 0 Å². The van der Waals surface area contributed by atoms with Crippen molar-refractivity contribution in [2.75, 3.05) is 13.2 Å². The summed E-state index contributed by atoms with van der Waals surface area (Å²) in [7, 11) is 0. The Hall–Kier alpha value is -3.93. The van der Waals surface area contributed by atoms with Crippen LogP contribution in [0.25, 0.3) is 5.76 Å². The molecule has 4 rings (SSSR count). The number of hydrogen-bond donors (Lipinski definition) is 1. The highest BCUT2D eigenvalue weighted by Crippen LogP contribution is 2.41. The number of ketones is 1. The lowest BCUT2D eigenvalue weighted by atomic mass is 9.84. The molecule has 1 unspecified atom stereocenters. The Morgan fingerprint density at radius 3 is 2.30 bits per heavy atom. The first-order chi connectivity index (χ1) is 17.6. The second-order valence-corrected chi connectivity index (χ2v) is 10.2. The number of Topliss-reactive ketones (excluding diaryl/α,β-unsaturated/α-hetero) is 1. The van der Waals surface area contributed by atoms with Gasteiger partial charge in [-0.3, -0.25) is 9.59 Å². The molecule has 3 aromatic carbocycles. The van der Waals surface area contributed by atoms with Crippen LogP contribution in [0.15, 0.2) is 78.4 Å². The summed E-state index contributed by atoms with van der Waals surface area (Å²) in [6, 6.07) is 19.9. The van der Waals surface area contributed by atoms with Crippen molar-refractivity contribution < 1.29 is 23.8 Å². The molecule has 0 aliphatic carbocycles. The fraction of sp³-hybridized carbons (Fsp3) is 0.290. The van der Waals surface area contributed by atoms with Crippen molar-refractivity contribution in [3.63, 3.8) is 0 Å². The smallest absolute Gasteiger partial charge is 0.295 e. The van der Waals surface area contributed by atoms with Gasteiger partial charge in [0.25, 0.3) is 11.7 Å². The fourth-order valence-corrected chi connectivity index (χ4v) is 4.69. The lowest BCUT2D eigenvalue weighted by Crippen LogP contribution is -2.31. The molecular weight excluding hydrogens is 469 g/mol. The molecule has 192 valence electrons. The summed E-state index contributed by atoms with van der Waals surface area (Å²) in [6.07, 6.45) is 0.438. The molecule has 3 aromatic rings. The molecule has 1 amide bonds. The Balaban J connectivity index is 1.79. The van der Waals surface area contributed by atoms with Crippen molar-refractivity contribution in [2.45, 2.75) is 45.6 Å². The number of hydrogen-bond acceptors (Lipinski definition) is 4. The van der Waals surface area contributed by atoms with Crippen LogP contribution in [-0.2, 0) is 21.4 Å². The maximum atomic E-state index is 13.3. The number of benzene rings is 3. The van der Waals surface area contributed by atoms with Crippen molar-refractivity contribution in [2.24, 2.45) is 0 Å². The van der Waals surface area contributed by atoms with Crippen molar-refractivity contribution in [1.82, 2.24) is 4.90 Å². The first-order valence-corrected chi connectivity index (χ1v) is 12.5. The minimum Gasteiger partial charge on any atom is -0.507 e. The number of carbonyl (C=O) groups is 2. The van der Waals surface area contributed by atoms with E-state index in [1.54, 1.807) is 24.3 Å². The minimum atomic E-state index is -0.744. The van der Waals surface area contributed by atoms with E-state index in [0.717, 1.165) is 16.7 Å². The van der Waals surface area contributed by atoms with E-state index >= 15 is 0 Å². The molecule has 1 heterocycles. The zero-order chi connectivity index (χ0) is 26.7. The molecule has 0 aromatic heterocycles. The highest BCUT2D eigenvalue weighted by atomic mass is 19.1. The van der Waals surface area contributed by atoms with Crippen LogP contribution in [0.3, 0.4) is 0 Å². The van der Waals surface area contributed by atoms with Crippen LogP contribution in [-0.4, -0.2) is 34.8 Å². The summed E-state index contributed by atoms with van der Waals surface area (Å²) in [5.41, 5.74) is 2.69. The summed E-state index contributed by atoms with van der Waals surface area (Å²) in [4.78, 5) is 28.1. The van der Waals surface area contributed by atoms with E-state index in [-0.39, 0.29) is 29.1 Å². The normalized spacial score (nSPS) is 17.3. The summed E-state index contributed by atoms with van der Waals surface area (Å²) in [5, 5.41) is 11.5. The predicted molar refractivity (Wildman–Crippen MR) is 142 cm³/mol. The second-order valence-electron chi connectivity index (χ2n) is 10.2. The number of ether oxygens (including phenoxy) is 1. The molecule has 0 saturated carbocycles. The third kappa shape index (κ3) is 5.43. The monoisotopic (exact) mass is 501 g/mol. The van der Waals surface area contributed by atoms with Gasteiger partial charge in [0.05, 0.1) is 18.2 Å². The van der Waals surface area contributed by atoms with Crippen LogP contribution in [0.2, 0.25) is 0 Å². The molecule has 1 aliphatic rings. The summed E-state index contributed by atoms with van der Waals surface area (Å²) in [6.45, 7) is 8.80. The van der Waals surface area contributed by atoms with Crippen molar-refractivity contribution in [3.05, 3.63) is 106 Å². The highest BCUT2D eigenvalue weighted by molar-refractivity contribution is 6.46. The molecular formula is C31H32FNO4. The highest BCUT2D eigenvalue weighted by Gasteiger charge is 2.45. The zero-order valence-corrected chi connectivity index (χ0v) is 21.6. The SMILES string of the molecule is CCOc1ccc(/C(O)=C2/C(=O)C(=O)N(CCc3ccc(F)cc3)C2c2ccccc2)cc1C(C)(C)C. The van der Waals surface area contributed by atoms with Gasteiger partial charge in [0.15, 0.2) is 0 Å². The number of amides is 1. The van der Waals surface area contributed by atoms with E-state index in [1.807, 2.05) is 64.1 Å². The predicted octanol–water partition coefficient (Wildman–Crippen LogP) is 6.19. The number of likely N-dealkylation sites (tertiary alicyclic amines) is 1. The Kier molecular flexibility index (Phi) is 7.48. The number of rotatable bonds is 7. The lowest BCUT2D eigenvalue weighted by Gasteiger charge is -2.26. The van der Waals surface area contributed by atoms with Gasteiger partial charge in [0, 0.05) is 17.7 Å². The molecule has 1 aliphatic heterocycles. The fourth-order valence-electron chi connectivity index (χ4n) is 4.69. The van der Waals surface area contributed by atoms with Crippen molar-refractivity contribution in [1.29, 1.82) is 0 Å². The molecule has 6 heteroatoms. The van der Waals surface area contributed by atoms with Crippen LogP contribution in [0.1, 0.15) is 56.0 Å². The Bertz CT molecular complexity index is 1320. The molecule has 1 fully saturated rings. The molecule has 37 heavy (non-hydrogen) atoms. The maximum Gasteiger partial charge on any atom is 0.295 e. The molecule has 5 nitrogen and oxygen atoms in total. The average Bonchev–Trinajstić information content (AvgIpc) is 3.13. The van der Waals surface area contributed by atoms with E-state index < -0.39 is 17.7 Å². The van der Waals surface area contributed by atoms with Gasteiger partial charge in [-0.05, 0) is 60.2 Å². The van der Waals surface area contributed by atoms with Gasteiger partial charge in [-0.15, -0.1) is 0 Å². The number of nitrogens with zero attached hydrogens (tertiary/aromatic N) is 1. The summed E-state index contributed by atoms with van der Waals surface area (Å²) < 4.78 is 19.1. The largest absolute Gasteiger partial charge is 0.507 e. The van der Waals surface area contributed by atoms with E-state index in [4.69, 9.17) is 4.74 Å². The molecule has 0 radical (unpaired) electrons.